The third-order valence-electron chi connectivity index (χ3n) is 3.13. The van der Waals surface area contributed by atoms with Crippen molar-refractivity contribution in [2.75, 3.05) is 26.5 Å². The molecule has 0 N–H and O–H groups in total. The number of hydrogen-bond acceptors (Lipinski definition) is 6. The maximum Gasteiger partial charge on any atom is 0.306 e. The third kappa shape index (κ3) is 5.63. The van der Waals surface area contributed by atoms with Gasteiger partial charge in [-0.3, -0.25) is 4.79 Å². The van der Waals surface area contributed by atoms with Crippen molar-refractivity contribution in [3.05, 3.63) is 52.2 Å². The Morgan fingerprint density at radius 2 is 1.92 bits per heavy atom. The van der Waals surface area contributed by atoms with E-state index in [1.165, 1.54) is 11.3 Å². The fourth-order valence-electron chi connectivity index (χ4n) is 2.06. The molecule has 0 bridgehead atoms. The molecule has 0 fully saturated rings. The van der Waals surface area contributed by atoms with Crippen molar-refractivity contribution in [2.24, 2.45) is 0 Å². The van der Waals surface area contributed by atoms with E-state index in [2.05, 4.69) is 0 Å². The highest BCUT2D eigenvalue weighted by Gasteiger charge is 2.17. The van der Waals surface area contributed by atoms with Gasteiger partial charge in [-0.25, -0.2) is 0 Å². The number of benzene rings is 1. The number of ether oxygens (including phenoxy) is 1. The first-order chi connectivity index (χ1) is 11.4. The van der Waals surface area contributed by atoms with E-state index in [-0.39, 0.29) is 11.7 Å². The normalized spacial score (nSPS) is 11.2. The van der Waals surface area contributed by atoms with E-state index in [9.17, 15) is 13.2 Å². The van der Waals surface area contributed by atoms with Crippen LogP contribution in [0.15, 0.2) is 41.8 Å². The molecule has 6 nitrogen and oxygen atoms in total. The first-order valence-electron chi connectivity index (χ1n) is 7.19. The van der Waals surface area contributed by atoms with Gasteiger partial charge < -0.3 is 13.8 Å². The van der Waals surface area contributed by atoms with Crippen molar-refractivity contribution in [2.45, 2.75) is 6.54 Å². The summed E-state index contributed by atoms with van der Waals surface area (Å²) < 4.78 is 32.1. The monoisotopic (exact) mass is 369 g/mol. The molecule has 0 atom stereocenters. The average molecular weight is 369 g/mol. The second-order valence-corrected chi connectivity index (χ2v) is 7.65. The van der Waals surface area contributed by atoms with Crippen LogP contribution in [0.4, 0.5) is 0 Å². The van der Waals surface area contributed by atoms with Crippen molar-refractivity contribution in [3.63, 3.8) is 0 Å². The van der Waals surface area contributed by atoms with Crippen LogP contribution in [-0.4, -0.2) is 45.7 Å². The predicted octanol–water partition coefficient (Wildman–Crippen LogP) is 2.38. The molecule has 0 radical (unpaired) electrons. The molecule has 0 aliphatic heterocycles. The number of hydrogen-bond donors (Lipinski definition) is 0. The highest BCUT2D eigenvalue weighted by atomic mass is 32.2. The average Bonchev–Trinajstić information content (AvgIpc) is 3.05. The van der Waals surface area contributed by atoms with Crippen LogP contribution in [0.1, 0.15) is 15.2 Å². The molecule has 0 saturated carbocycles. The summed E-state index contributed by atoms with van der Waals surface area (Å²) in [4.78, 5) is 14.9. The smallest absolute Gasteiger partial charge is 0.306 e. The van der Waals surface area contributed by atoms with Crippen LogP contribution in [-0.2, 0) is 21.4 Å². The molecule has 0 saturated heterocycles. The lowest BCUT2D eigenvalue weighted by Crippen LogP contribution is -2.33. The van der Waals surface area contributed by atoms with Crippen LogP contribution in [0, 0.1) is 0 Å². The molecular formula is C16H19NO5S2. The molecule has 0 aliphatic rings. The number of nitrogens with zero attached hydrogens (tertiary/aromatic N) is 1. The molecule has 1 aromatic carbocycles. The van der Waals surface area contributed by atoms with Gasteiger partial charge in [-0.05, 0) is 29.1 Å². The zero-order valence-corrected chi connectivity index (χ0v) is 15.1. The van der Waals surface area contributed by atoms with Gasteiger partial charge in [0.15, 0.2) is 0 Å². The molecule has 0 aliphatic carbocycles. The van der Waals surface area contributed by atoms with Gasteiger partial charge in [0.05, 0.1) is 17.7 Å². The summed E-state index contributed by atoms with van der Waals surface area (Å²) in [5, 5.41) is 1.86. The molecule has 24 heavy (non-hydrogen) atoms. The van der Waals surface area contributed by atoms with Crippen LogP contribution >= 0.6 is 11.3 Å². The fraction of sp³-hybridized carbons (Fsp3) is 0.312. The number of carbonyl (C=O) groups excluding carboxylic acids is 1. The number of amides is 1. The molecule has 0 spiro atoms. The molecule has 1 aromatic heterocycles. The van der Waals surface area contributed by atoms with Gasteiger partial charge in [0.1, 0.15) is 5.75 Å². The number of rotatable bonds is 8. The van der Waals surface area contributed by atoms with Crippen molar-refractivity contribution < 1.29 is 22.1 Å². The summed E-state index contributed by atoms with van der Waals surface area (Å²) >= 11 is 1.39. The number of carbonyl (C=O) groups is 1. The van der Waals surface area contributed by atoms with E-state index in [4.69, 9.17) is 8.92 Å². The van der Waals surface area contributed by atoms with Gasteiger partial charge in [0.2, 0.25) is 0 Å². The van der Waals surface area contributed by atoms with Gasteiger partial charge in [-0.2, -0.15) is 8.42 Å². The molecular weight excluding hydrogens is 350 g/mol. The summed E-state index contributed by atoms with van der Waals surface area (Å²) in [6.45, 7) is 1.31. The lowest BCUT2D eigenvalue weighted by molar-refractivity contribution is 0.0685. The molecule has 2 rings (SSSR count). The van der Waals surface area contributed by atoms with E-state index in [1.807, 2.05) is 11.4 Å². The topological polar surface area (TPSA) is 72.9 Å². The van der Waals surface area contributed by atoms with E-state index < -0.39 is 10.1 Å². The summed E-state index contributed by atoms with van der Waals surface area (Å²) in [6, 6.07) is 10.2. The Morgan fingerprint density at radius 3 is 2.46 bits per heavy atom. The quantitative estimate of drug-likeness (QED) is 0.668. The standard InChI is InChI=1S/C16H19NO5S2/c1-21-10-9-17(16(18)15-4-3-11-23-15)12-13-5-7-14(8-6-13)22-24(2,19)20/h3-8,11H,9-10,12H2,1-2H3. The lowest BCUT2D eigenvalue weighted by Gasteiger charge is -2.22. The minimum absolute atomic E-state index is 0.0569. The van der Waals surface area contributed by atoms with Crippen LogP contribution in [0.25, 0.3) is 0 Å². The predicted molar refractivity (Wildman–Crippen MR) is 92.8 cm³/mol. The number of thiophene rings is 1. The summed E-state index contributed by atoms with van der Waals surface area (Å²) in [5.74, 6) is 0.188. The summed E-state index contributed by atoms with van der Waals surface area (Å²) in [6.07, 6.45) is 0.993. The Labute approximate surface area is 145 Å². The van der Waals surface area contributed by atoms with Gasteiger partial charge in [0.25, 0.3) is 5.91 Å². The van der Waals surface area contributed by atoms with E-state index in [0.29, 0.717) is 24.6 Å². The SMILES string of the molecule is COCCN(Cc1ccc(OS(C)(=O)=O)cc1)C(=O)c1cccs1. The zero-order valence-electron chi connectivity index (χ0n) is 13.5. The molecule has 130 valence electrons. The minimum Gasteiger partial charge on any atom is -0.383 e. The third-order valence-corrected chi connectivity index (χ3v) is 4.48. The number of methoxy groups -OCH3 is 1. The van der Waals surface area contributed by atoms with Crippen molar-refractivity contribution in [3.8, 4) is 5.75 Å². The Hall–Kier alpha value is -1.90. The molecule has 8 heteroatoms. The highest BCUT2D eigenvalue weighted by molar-refractivity contribution is 7.86. The van der Waals surface area contributed by atoms with Crippen LogP contribution in [0.5, 0.6) is 5.75 Å². The highest BCUT2D eigenvalue weighted by Crippen LogP contribution is 2.18. The maximum atomic E-state index is 12.5. The Kier molecular flexibility index (Phi) is 6.36. The zero-order chi connectivity index (χ0) is 17.6. The maximum absolute atomic E-state index is 12.5. The molecule has 2 aromatic rings. The van der Waals surface area contributed by atoms with E-state index >= 15 is 0 Å². The van der Waals surface area contributed by atoms with Crippen LogP contribution in [0.2, 0.25) is 0 Å². The van der Waals surface area contributed by atoms with Gasteiger partial charge in [-0.15, -0.1) is 11.3 Å². The Morgan fingerprint density at radius 1 is 1.21 bits per heavy atom. The van der Waals surface area contributed by atoms with Crippen molar-refractivity contribution in [1.82, 2.24) is 4.90 Å². The fourth-order valence-corrected chi connectivity index (χ4v) is 3.21. The first kappa shape index (κ1) is 18.4. The Balaban J connectivity index is 2.09. The van der Waals surface area contributed by atoms with E-state index in [1.54, 1.807) is 42.3 Å². The first-order valence-corrected chi connectivity index (χ1v) is 9.89. The molecule has 1 amide bonds. The lowest BCUT2D eigenvalue weighted by atomic mass is 10.2. The largest absolute Gasteiger partial charge is 0.383 e. The van der Waals surface area contributed by atoms with Crippen molar-refractivity contribution >= 4 is 27.4 Å². The van der Waals surface area contributed by atoms with Crippen molar-refractivity contribution in [1.29, 1.82) is 0 Å². The Bertz CT molecular complexity index is 754. The van der Waals surface area contributed by atoms with Crippen LogP contribution in [0.3, 0.4) is 0 Å². The minimum atomic E-state index is -3.55. The summed E-state index contributed by atoms with van der Waals surface area (Å²) in [7, 11) is -1.96. The van der Waals surface area contributed by atoms with E-state index in [0.717, 1.165) is 11.8 Å². The molecule has 1 heterocycles. The van der Waals surface area contributed by atoms with Gasteiger partial charge >= 0.3 is 10.1 Å². The molecule has 0 unspecified atom stereocenters. The van der Waals surface area contributed by atoms with Gasteiger partial charge in [0, 0.05) is 20.2 Å². The second kappa shape index (κ2) is 8.27. The van der Waals surface area contributed by atoms with Gasteiger partial charge in [-0.1, -0.05) is 18.2 Å². The van der Waals surface area contributed by atoms with Crippen LogP contribution < -0.4 is 4.18 Å². The summed E-state index contributed by atoms with van der Waals surface area (Å²) in [5.41, 5.74) is 0.872. The second-order valence-electron chi connectivity index (χ2n) is 5.13.